The van der Waals surface area contributed by atoms with E-state index < -0.39 is 0 Å². The quantitative estimate of drug-likeness (QED) is 0.820. The summed E-state index contributed by atoms with van der Waals surface area (Å²) in [7, 11) is 4.04. The monoisotopic (exact) mass is 248 g/mol. The standard InChI is InChI=1S/C14H24N4/c1-11(2)18-9-5-6-12(10-18)14-15-8-7-13(16-14)17(3)4/h7-8,11-12H,5-6,9-10H2,1-4H3. The molecule has 0 spiro atoms. The van der Waals surface area contributed by atoms with E-state index in [1.54, 1.807) is 0 Å². The van der Waals surface area contributed by atoms with Crippen molar-refractivity contribution in [3.05, 3.63) is 18.1 Å². The molecule has 0 amide bonds. The van der Waals surface area contributed by atoms with Gasteiger partial charge in [0, 0.05) is 38.8 Å². The molecule has 1 fully saturated rings. The van der Waals surface area contributed by atoms with Gasteiger partial charge in [0.15, 0.2) is 0 Å². The largest absolute Gasteiger partial charge is 0.363 e. The second kappa shape index (κ2) is 5.65. The zero-order valence-corrected chi connectivity index (χ0v) is 11.9. The third-order valence-electron chi connectivity index (χ3n) is 3.67. The first-order chi connectivity index (χ1) is 8.58. The smallest absolute Gasteiger partial charge is 0.135 e. The Balaban J connectivity index is 2.13. The van der Waals surface area contributed by atoms with Gasteiger partial charge in [-0.05, 0) is 39.3 Å². The van der Waals surface area contributed by atoms with Crippen LogP contribution in [0.5, 0.6) is 0 Å². The van der Waals surface area contributed by atoms with Crippen LogP contribution < -0.4 is 4.90 Å². The molecule has 0 aromatic carbocycles. The highest BCUT2D eigenvalue weighted by atomic mass is 15.2. The molecule has 1 aromatic rings. The highest BCUT2D eigenvalue weighted by Gasteiger charge is 2.24. The molecule has 2 heterocycles. The highest BCUT2D eigenvalue weighted by molar-refractivity contribution is 5.35. The summed E-state index contributed by atoms with van der Waals surface area (Å²) in [6, 6.07) is 2.58. The lowest BCUT2D eigenvalue weighted by Gasteiger charge is -2.34. The summed E-state index contributed by atoms with van der Waals surface area (Å²) in [5.74, 6) is 2.49. The number of nitrogens with zero attached hydrogens (tertiary/aromatic N) is 4. The highest BCUT2D eigenvalue weighted by Crippen LogP contribution is 2.26. The topological polar surface area (TPSA) is 32.3 Å². The van der Waals surface area contributed by atoms with E-state index in [1.165, 1.54) is 19.4 Å². The van der Waals surface area contributed by atoms with Crippen LogP contribution in [0.2, 0.25) is 0 Å². The van der Waals surface area contributed by atoms with Crippen molar-refractivity contribution >= 4 is 5.82 Å². The lowest BCUT2D eigenvalue weighted by molar-refractivity contribution is 0.165. The van der Waals surface area contributed by atoms with E-state index in [0.29, 0.717) is 12.0 Å². The Morgan fingerprint density at radius 3 is 2.83 bits per heavy atom. The van der Waals surface area contributed by atoms with Gasteiger partial charge in [0.1, 0.15) is 11.6 Å². The molecule has 0 N–H and O–H groups in total. The van der Waals surface area contributed by atoms with Crippen molar-refractivity contribution in [2.24, 2.45) is 0 Å². The summed E-state index contributed by atoms with van der Waals surface area (Å²) in [5.41, 5.74) is 0. The molecular formula is C14H24N4. The number of piperidine rings is 1. The third-order valence-corrected chi connectivity index (χ3v) is 3.67. The molecule has 0 aliphatic carbocycles. The molecule has 1 saturated heterocycles. The van der Waals surface area contributed by atoms with Gasteiger partial charge in [-0.1, -0.05) is 0 Å². The van der Waals surface area contributed by atoms with E-state index in [-0.39, 0.29) is 0 Å². The minimum absolute atomic E-state index is 0.487. The summed E-state index contributed by atoms with van der Waals surface area (Å²) in [5, 5.41) is 0. The van der Waals surface area contributed by atoms with Gasteiger partial charge in [-0.25, -0.2) is 9.97 Å². The van der Waals surface area contributed by atoms with E-state index in [9.17, 15) is 0 Å². The number of aromatic nitrogens is 2. The van der Waals surface area contributed by atoms with E-state index >= 15 is 0 Å². The van der Waals surface area contributed by atoms with Crippen molar-refractivity contribution in [2.75, 3.05) is 32.1 Å². The first-order valence-electron chi connectivity index (χ1n) is 6.82. The van der Waals surface area contributed by atoms with E-state index in [4.69, 9.17) is 0 Å². The summed E-state index contributed by atoms with van der Waals surface area (Å²) >= 11 is 0. The Hall–Kier alpha value is -1.16. The Morgan fingerprint density at radius 2 is 2.17 bits per heavy atom. The van der Waals surface area contributed by atoms with Gasteiger partial charge >= 0.3 is 0 Å². The predicted octanol–water partition coefficient (Wildman–Crippen LogP) is 2.13. The van der Waals surface area contributed by atoms with Crippen LogP contribution in [0.15, 0.2) is 12.3 Å². The summed E-state index contributed by atoms with van der Waals surface area (Å²) in [6.45, 7) is 6.83. The van der Waals surface area contributed by atoms with Crippen molar-refractivity contribution in [1.29, 1.82) is 0 Å². The Labute approximate surface area is 110 Å². The Bertz CT molecular complexity index is 389. The van der Waals surface area contributed by atoms with Crippen molar-refractivity contribution in [2.45, 2.75) is 38.6 Å². The average molecular weight is 248 g/mol. The molecule has 1 atom stereocenters. The number of rotatable bonds is 3. The molecular weight excluding hydrogens is 224 g/mol. The van der Waals surface area contributed by atoms with Crippen LogP contribution >= 0.6 is 0 Å². The van der Waals surface area contributed by atoms with Crippen molar-refractivity contribution in [3.8, 4) is 0 Å². The fourth-order valence-electron chi connectivity index (χ4n) is 2.50. The second-order valence-electron chi connectivity index (χ2n) is 5.60. The third kappa shape index (κ3) is 2.99. The van der Waals surface area contributed by atoms with Crippen molar-refractivity contribution in [1.82, 2.24) is 14.9 Å². The minimum Gasteiger partial charge on any atom is -0.363 e. The SMILES string of the molecule is CC(C)N1CCCC(c2nccc(N(C)C)n2)C1. The van der Waals surface area contributed by atoms with Crippen molar-refractivity contribution in [3.63, 3.8) is 0 Å². The summed E-state index contributed by atoms with van der Waals surface area (Å²) in [6.07, 6.45) is 4.34. The Kier molecular flexibility index (Phi) is 4.17. The lowest BCUT2D eigenvalue weighted by Crippen LogP contribution is -2.39. The van der Waals surface area contributed by atoms with Gasteiger partial charge in [-0.15, -0.1) is 0 Å². The first kappa shape index (κ1) is 13.3. The van der Waals surface area contributed by atoms with Crippen LogP contribution in [0, 0.1) is 0 Å². The van der Waals surface area contributed by atoms with E-state index in [1.807, 2.05) is 31.3 Å². The van der Waals surface area contributed by atoms with Crippen LogP contribution in [0.3, 0.4) is 0 Å². The summed E-state index contributed by atoms with van der Waals surface area (Å²) in [4.78, 5) is 13.7. The number of hydrogen-bond acceptors (Lipinski definition) is 4. The maximum Gasteiger partial charge on any atom is 0.135 e. The van der Waals surface area contributed by atoms with E-state index in [2.05, 4.69) is 28.7 Å². The zero-order chi connectivity index (χ0) is 13.1. The van der Waals surface area contributed by atoms with Gasteiger partial charge in [-0.2, -0.15) is 0 Å². The molecule has 100 valence electrons. The average Bonchev–Trinajstić information content (AvgIpc) is 2.39. The zero-order valence-electron chi connectivity index (χ0n) is 11.9. The lowest BCUT2D eigenvalue weighted by atomic mass is 9.96. The van der Waals surface area contributed by atoms with Crippen LogP contribution in [0.4, 0.5) is 5.82 Å². The molecule has 1 unspecified atom stereocenters. The molecule has 0 radical (unpaired) electrons. The summed E-state index contributed by atoms with van der Waals surface area (Å²) < 4.78 is 0. The molecule has 18 heavy (non-hydrogen) atoms. The molecule has 1 aromatic heterocycles. The van der Waals surface area contributed by atoms with Gasteiger partial charge in [0.2, 0.25) is 0 Å². The molecule has 2 rings (SSSR count). The molecule has 1 aliphatic rings. The normalized spacial score (nSPS) is 21.3. The fourth-order valence-corrected chi connectivity index (χ4v) is 2.50. The second-order valence-corrected chi connectivity index (χ2v) is 5.60. The molecule has 4 nitrogen and oxygen atoms in total. The number of anilines is 1. The molecule has 4 heteroatoms. The maximum atomic E-state index is 4.68. The van der Waals surface area contributed by atoms with E-state index in [0.717, 1.165) is 18.2 Å². The van der Waals surface area contributed by atoms with Gasteiger partial charge < -0.3 is 9.80 Å². The molecule has 0 bridgehead atoms. The van der Waals surface area contributed by atoms with Crippen molar-refractivity contribution < 1.29 is 0 Å². The fraction of sp³-hybridized carbons (Fsp3) is 0.714. The molecule has 0 saturated carbocycles. The molecule has 1 aliphatic heterocycles. The van der Waals surface area contributed by atoms with Gasteiger partial charge in [0.25, 0.3) is 0 Å². The van der Waals surface area contributed by atoms with Crippen LogP contribution in [-0.2, 0) is 0 Å². The minimum atomic E-state index is 0.487. The Morgan fingerprint density at radius 1 is 1.39 bits per heavy atom. The number of likely N-dealkylation sites (tertiary alicyclic amines) is 1. The van der Waals surface area contributed by atoms with Crippen LogP contribution in [-0.4, -0.2) is 48.1 Å². The number of hydrogen-bond donors (Lipinski definition) is 0. The maximum absolute atomic E-state index is 4.68. The van der Waals surface area contributed by atoms with Crippen LogP contribution in [0.1, 0.15) is 38.4 Å². The first-order valence-corrected chi connectivity index (χ1v) is 6.82. The van der Waals surface area contributed by atoms with Crippen LogP contribution in [0.25, 0.3) is 0 Å². The predicted molar refractivity (Wildman–Crippen MR) is 75.0 cm³/mol. The van der Waals surface area contributed by atoms with Gasteiger partial charge in [0.05, 0.1) is 0 Å². The van der Waals surface area contributed by atoms with Gasteiger partial charge in [-0.3, -0.25) is 0 Å².